The van der Waals surface area contributed by atoms with Crippen molar-refractivity contribution in [2.75, 3.05) is 23.7 Å². The molecule has 0 bridgehead atoms. The number of rotatable bonds is 12. The smallest absolute Gasteiger partial charge is 0.244 e. The van der Waals surface area contributed by atoms with E-state index in [1.54, 1.807) is 42.5 Å². The number of sulfonamides is 1. The van der Waals surface area contributed by atoms with Gasteiger partial charge in [-0.05, 0) is 47.4 Å². The molecule has 0 spiro atoms. The zero-order valence-corrected chi connectivity index (χ0v) is 24.5. The Kier molecular flexibility index (Phi) is 10.8. The van der Waals surface area contributed by atoms with Crippen LogP contribution in [0.5, 0.6) is 0 Å². The van der Waals surface area contributed by atoms with Gasteiger partial charge in [-0.1, -0.05) is 85.6 Å². The molecule has 0 aromatic heterocycles. The first kappa shape index (κ1) is 30.5. The van der Waals surface area contributed by atoms with E-state index in [0.717, 1.165) is 21.7 Å². The summed E-state index contributed by atoms with van der Waals surface area (Å²) in [6.07, 6.45) is 1.28. The van der Waals surface area contributed by atoms with Gasteiger partial charge < -0.3 is 10.2 Å². The molecule has 1 N–H and O–H groups in total. The minimum absolute atomic E-state index is 0.0791. The van der Waals surface area contributed by atoms with Crippen molar-refractivity contribution in [1.82, 2.24) is 10.2 Å². The summed E-state index contributed by atoms with van der Waals surface area (Å²) in [6.45, 7) is 3.98. The molecule has 10 heteroatoms. The predicted molar refractivity (Wildman–Crippen MR) is 157 cm³/mol. The number of carbonyl (C=O) groups is 2. The fraction of sp³-hybridized carbons (Fsp3) is 0.310. The van der Waals surface area contributed by atoms with Crippen LogP contribution in [0.25, 0.3) is 0 Å². The van der Waals surface area contributed by atoms with E-state index in [1.165, 1.54) is 11.0 Å². The average molecular weight is 591 g/mol. The number of halogens is 2. The third-order valence-electron chi connectivity index (χ3n) is 6.00. The van der Waals surface area contributed by atoms with E-state index in [2.05, 4.69) is 5.32 Å². The molecule has 0 aliphatic heterocycles. The molecule has 0 radical (unpaired) electrons. The highest BCUT2D eigenvalue weighted by Crippen LogP contribution is 2.23. The summed E-state index contributed by atoms with van der Waals surface area (Å²) in [7, 11) is -3.86. The summed E-state index contributed by atoms with van der Waals surface area (Å²) in [5, 5.41) is 3.83. The molecule has 0 aliphatic carbocycles. The Labute approximate surface area is 240 Å². The number of amides is 2. The molecule has 3 aromatic carbocycles. The molecule has 0 saturated heterocycles. The summed E-state index contributed by atoms with van der Waals surface area (Å²) in [6, 6.07) is 21.8. The van der Waals surface area contributed by atoms with Crippen molar-refractivity contribution >= 4 is 50.7 Å². The number of nitrogens with one attached hydrogen (secondary N) is 1. The summed E-state index contributed by atoms with van der Waals surface area (Å²) in [5.41, 5.74) is 1.87. The first-order valence-electron chi connectivity index (χ1n) is 12.5. The van der Waals surface area contributed by atoms with E-state index < -0.39 is 28.5 Å². The quantitative estimate of drug-likeness (QED) is 0.315. The standard InChI is InChI=1S/C29H33Cl2N3O4S/c1-21(2)18-32-29(36)27(16-22-8-5-4-6-9-22)33(19-23-12-14-24(30)15-13-23)28(35)20-34(39(3,37)38)26-11-7-10-25(31)17-26/h4-15,17,21,27H,16,18-20H2,1-3H3,(H,32,36)/t27-/m0/s1. The summed E-state index contributed by atoms with van der Waals surface area (Å²) >= 11 is 12.2. The Morgan fingerprint density at radius 3 is 2.13 bits per heavy atom. The molecule has 2 amide bonds. The van der Waals surface area contributed by atoms with Gasteiger partial charge in [-0.25, -0.2) is 8.42 Å². The third kappa shape index (κ3) is 9.27. The van der Waals surface area contributed by atoms with Gasteiger partial charge >= 0.3 is 0 Å². The lowest BCUT2D eigenvalue weighted by molar-refractivity contribution is -0.140. The van der Waals surface area contributed by atoms with E-state index >= 15 is 0 Å². The third-order valence-corrected chi connectivity index (χ3v) is 7.62. The van der Waals surface area contributed by atoms with Gasteiger partial charge in [0.15, 0.2) is 0 Å². The lowest BCUT2D eigenvalue weighted by Gasteiger charge is -2.33. The topological polar surface area (TPSA) is 86.8 Å². The molecule has 0 heterocycles. The van der Waals surface area contributed by atoms with Gasteiger partial charge in [-0.15, -0.1) is 0 Å². The zero-order valence-electron chi connectivity index (χ0n) is 22.2. The van der Waals surface area contributed by atoms with Gasteiger partial charge in [0.2, 0.25) is 21.8 Å². The van der Waals surface area contributed by atoms with E-state index in [4.69, 9.17) is 23.2 Å². The molecule has 0 fully saturated rings. The highest BCUT2D eigenvalue weighted by Gasteiger charge is 2.33. The zero-order chi connectivity index (χ0) is 28.6. The van der Waals surface area contributed by atoms with Crippen LogP contribution in [0.1, 0.15) is 25.0 Å². The number of carbonyl (C=O) groups excluding carboxylic acids is 2. The van der Waals surface area contributed by atoms with Crippen molar-refractivity contribution in [2.24, 2.45) is 5.92 Å². The SMILES string of the molecule is CC(C)CNC(=O)[C@H](Cc1ccccc1)N(Cc1ccc(Cl)cc1)C(=O)CN(c1cccc(Cl)c1)S(C)(=O)=O. The van der Waals surface area contributed by atoms with Crippen LogP contribution < -0.4 is 9.62 Å². The van der Waals surface area contributed by atoms with Crippen molar-refractivity contribution in [3.8, 4) is 0 Å². The van der Waals surface area contributed by atoms with Gasteiger partial charge in [-0.2, -0.15) is 0 Å². The maximum atomic E-state index is 14.0. The number of hydrogen-bond donors (Lipinski definition) is 1. The highest BCUT2D eigenvalue weighted by atomic mass is 35.5. The highest BCUT2D eigenvalue weighted by molar-refractivity contribution is 7.92. The Balaban J connectivity index is 2.04. The van der Waals surface area contributed by atoms with Crippen molar-refractivity contribution in [2.45, 2.75) is 32.9 Å². The fourth-order valence-corrected chi connectivity index (χ4v) is 5.16. The Morgan fingerprint density at radius 1 is 0.872 bits per heavy atom. The Hall–Kier alpha value is -3.07. The van der Waals surface area contributed by atoms with Crippen LogP contribution in [0, 0.1) is 5.92 Å². The molecule has 3 aromatic rings. The van der Waals surface area contributed by atoms with Gasteiger partial charge in [0.05, 0.1) is 11.9 Å². The second kappa shape index (κ2) is 13.8. The minimum Gasteiger partial charge on any atom is -0.354 e. The molecule has 1 atom stereocenters. The van der Waals surface area contributed by atoms with Gasteiger partial charge in [0, 0.05) is 29.6 Å². The van der Waals surface area contributed by atoms with Crippen molar-refractivity contribution < 1.29 is 18.0 Å². The second-order valence-corrected chi connectivity index (χ2v) is 12.5. The van der Waals surface area contributed by atoms with E-state index in [-0.39, 0.29) is 30.5 Å². The van der Waals surface area contributed by atoms with Gasteiger partial charge in [0.1, 0.15) is 12.6 Å². The Bertz CT molecular complexity index is 1370. The number of nitrogens with zero attached hydrogens (tertiary/aromatic N) is 2. The van der Waals surface area contributed by atoms with E-state index in [0.29, 0.717) is 16.6 Å². The van der Waals surface area contributed by atoms with Crippen LogP contribution in [0.4, 0.5) is 5.69 Å². The lowest BCUT2D eigenvalue weighted by Crippen LogP contribution is -2.53. The van der Waals surface area contributed by atoms with E-state index in [9.17, 15) is 18.0 Å². The molecule has 7 nitrogen and oxygen atoms in total. The summed E-state index contributed by atoms with van der Waals surface area (Å²) in [5.74, 6) is -0.644. The van der Waals surface area contributed by atoms with Crippen molar-refractivity contribution in [1.29, 1.82) is 0 Å². The second-order valence-electron chi connectivity index (χ2n) is 9.74. The number of hydrogen-bond acceptors (Lipinski definition) is 4. The summed E-state index contributed by atoms with van der Waals surface area (Å²) in [4.78, 5) is 29.0. The lowest BCUT2D eigenvalue weighted by atomic mass is 10.0. The minimum atomic E-state index is -3.86. The maximum Gasteiger partial charge on any atom is 0.244 e. The predicted octanol–water partition coefficient (Wildman–Crippen LogP) is 5.17. The van der Waals surface area contributed by atoms with Crippen LogP contribution in [-0.2, 0) is 32.6 Å². The largest absolute Gasteiger partial charge is 0.354 e. The van der Waals surface area contributed by atoms with Gasteiger partial charge in [-0.3, -0.25) is 13.9 Å². The van der Waals surface area contributed by atoms with Crippen LogP contribution >= 0.6 is 23.2 Å². The normalized spacial score (nSPS) is 12.2. The fourth-order valence-electron chi connectivity index (χ4n) is 4.01. The van der Waals surface area contributed by atoms with Gasteiger partial charge in [0.25, 0.3) is 0 Å². The van der Waals surface area contributed by atoms with Crippen molar-refractivity contribution in [3.63, 3.8) is 0 Å². The maximum absolute atomic E-state index is 14.0. The first-order valence-corrected chi connectivity index (χ1v) is 15.1. The molecular formula is C29H33Cl2N3O4S. The first-order chi connectivity index (χ1) is 18.4. The van der Waals surface area contributed by atoms with Crippen LogP contribution in [-0.4, -0.2) is 50.5 Å². The van der Waals surface area contributed by atoms with Crippen molar-refractivity contribution in [3.05, 3.63) is 100 Å². The molecule has 39 heavy (non-hydrogen) atoms. The summed E-state index contributed by atoms with van der Waals surface area (Å²) < 4.78 is 26.6. The molecule has 3 rings (SSSR count). The van der Waals surface area contributed by atoms with E-state index in [1.807, 2.05) is 44.2 Å². The van der Waals surface area contributed by atoms with Crippen LogP contribution in [0.2, 0.25) is 10.0 Å². The molecular weight excluding hydrogens is 557 g/mol. The molecule has 0 aliphatic rings. The monoisotopic (exact) mass is 589 g/mol. The van der Waals surface area contributed by atoms with Crippen LogP contribution in [0.3, 0.4) is 0 Å². The van der Waals surface area contributed by atoms with Crippen LogP contribution in [0.15, 0.2) is 78.9 Å². The molecule has 208 valence electrons. The average Bonchev–Trinajstić information content (AvgIpc) is 2.88. The molecule has 0 saturated carbocycles. The number of benzene rings is 3. The Morgan fingerprint density at radius 2 is 1.54 bits per heavy atom. The molecule has 0 unspecified atom stereocenters. The number of anilines is 1.